The maximum absolute atomic E-state index is 14.4. The number of carboxylic acid groups (broad SMARTS) is 1. The summed E-state index contributed by atoms with van der Waals surface area (Å²) in [6, 6.07) is 3.57. The van der Waals surface area contributed by atoms with Crippen molar-refractivity contribution in [3.63, 3.8) is 0 Å². The molecule has 2 fully saturated rings. The topological polar surface area (TPSA) is 86.9 Å². The molecular weight excluding hydrogens is 349 g/mol. The van der Waals surface area contributed by atoms with Crippen molar-refractivity contribution < 1.29 is 19.1 Å². The normalized spacial score (nSPS) is 22.3. The van der Waals surface area contributed by atoms with E-state index in [1.807, 2.05) is 0 Å². The second kappa shape index (κ2) is 7.94. The van der Waals surface area contributed by atoms with Crippen molar-refractivity contribution >= 4 is 11.9 Å². The maximum atomic E-state index is 14.4. The third-order valence-electron chi connectivity index (χ3n) is 6.09. The number of primary amides is 1. The number of nitrogens with two attached hydrogens (primary N) is 1. The first-order chi connectivity index (χ1) is 12.8. The molecule has 0 aliphatic carbocycles. The number of carbonyl (C=O) groups excluding carboxylic acids is 1. The number of hydrogen-bond donors (Lipinski definition) is 2. The largest absolute Gasteiger partial charge is 0.480 e. The predicted molar refractivity (Wildman–Crippen MR) is 99.7 cm³/mol. The molecule has 1 atom stereocenters. The summed E-state index contributed by atoms with van der Waals surface area (Å²) in [7, 11) is 0. The van der Waals surface area contributed by atoms with E-state index in [-0.39, 0.29) is 11.5 Å². The van der Waals surface area contributed by atoms with Crippen molar-refractivity contribution in [1.29, 1.82) is 0 Å². The zero-order valence-corrected chi connectivity index (χ0v) is 15.8. The van der Waals surface area contributed by atoms with Crippen molar-refractivity contribution in [2.75, 3.05) is 26.2 Å². The minimum atomic E-state index is -1.08. The monoisotopic (exact) mass is 377 g/mol. The summed E-state index contributed by atoms with van der Waals surface area (Å²) in [5, 5.41) is 9.75. The molecule has 2 saturated heterocycles. The van der Waals surface area contributed by atoms with E-state index in [4.69, 9.17) is 5.73 Å². The lowest BCUT2D eigenvalue weighted by Crippen LogP contribution is -2.63. The molecule has 1 aromatic carbocycles. The van der Waals surface area contributed by atoms with Gasteiger partial charge in [-0.15, -0.1) is 0 Å². The fourth-order valence-electron chi connectivity index (χ4n) is 4.53. The van der Waals surface area contributed by atoms with Crippen LogP contribution in [0.25, 0.3) is 0 Å². The lowest BCUT2D eigenvalue weighted by Gasteiger charge is -2.49. The van der Waals surface area contributed by atoms with Crippen molar-refractivity contribution in [2.45, 2.75) is 50.6 Å². The molecule has 27 heavy (non-hydrogen) atoms. The van der Waals surface area contributed by atoms with Gasteiger partial charge in [0.05, 0.1) is 0 Å². The first-order valence-corrected chi connectivity index (χ1v) is 9.63. The van der Waals surface area contributed by atoms with Gasteiger partial charge in [-0.1, -0.05) is 18.6 Å². The summed E-state index contributed by atoms with van der Waals surface area (Å²) >= 11 is 0. The average molecular weight is 377 g/mol. The van der Waals surface area contributed by atoms with Gasteiger partial charge >= 0.3 is 5.97 Å². The highest BCUT2D eigenvalue weighted by molar-refractivity contribution is 5.85. The van der Waals surface area contributed by atoms with Gasteiger partial charge in [-0.05, 0) is 57.3 Å². The third-order valence-corrected chi connectivity index (χ3v) is 6.09. The third kappa shape index (κ3) is 3.84. The number of rotatable bonds is 5. The minimum absolute atomic E-state index is 0.164. The molecule has 0 saturated carbocycles. The Balaban J connectivity index is 1.81. The number of aliphatic carboxylic acids is 1. The van der Waals surface area contributed by atoms with Crippen molar-refractivity contribution in [3.8, 4) is 0 Å². The Hall–Kier alpha value is -1.99. The Morgan fingerprint density at radius 3 is 2.30 bits per heavy atom. The average Bonchev–Trinajstić information content (AvgIpc) is 2.64. The van der Waals surface area contributed by atoms with Gasteiger partial charge in [-0.3, -0.25) is 19.4 Å². The van der Waals surface area contributed by atoms with Gasteiger partial charge in [0.1, 0.15) is 17.4 Å². The molecule has 2 aliphatic rings. The second-order valence-corrected chi connectivity index (χ2v) is 7.75. The summed E-state index contributed by atoms with van der Waals surface area (Å²) in [4.78, 5) is 28.2. The fourth-order valence-corrected chi connectivity index (χ4v) is 4.53. The van der Waals surface area contributed by atoms with Crippen LogP contribution in [0.3, 0.4) is 0 Å². The number of likely N-dealkylation sites (tertiary alicyclic amines) is 2. The highest BCUT2D eigenvalue weighted by Crippen LogP contribution is 2.35. The molecule has 2 aliphatic heterocycles. The lowest BCUT2D eigenvalue weighted by atomic mass is 9.82. The molecule has 6 nitrogen and oxygen atoms in total. The van der Waals surface area contributed by atoms with Gasteiger partial charge in [-0.2, -0.15) is 0 Å². The Kier molecular flexibility index (Phi) is 5.81. The highest BCUT2D eigenvalue weighted by atomic mass is 19.1. The minimum Gasteiger partial charge on any atom is -0.480 e. The van der Waals surface area contributed by atoms with E-state index in [1.165, 1.54) is 6.07 Å². The summed E-state index contributed by atoms with van der Waals surface area (Å²) in [5.41, 5.74) is 5.99. The van der Waals surface area contributed by atoms with Gasteiger partial charge in [0, 0.05) is 18.7 Å². The lowest BCUT2D eigenvalue weighted by molar-refractivity contribution is -0.146. The van der Waals surface area contributed by atoms with E-state index in [1.54, 1.807) is 24.0 Å². The van der Waals surface area contributed by atoms with E-state index < -0.39 is 23.4 Å². The van der Waals surface area contributed by atoms with Gasteiger partial charge in [0.15, 0.2) is 0 Å². The number of hydrogen-bond acceptors (Lipinski definition) is 4. The van der Waals surface area contributed by atoms with Gasteiger partial charge in [0.25, 0.3) is 0 Å². The maximum Gasteiger partial charge on any atom is 0.325 e. The summed E-state index contributed by atoms with van der Waals surface area (Å²) in [6.45, 7) is 4.24. The summed E-state index contributed by atoms with van der Waals surface area (Å²) in [6.07, 6.45) is 4.20. The van der Waals surface area contributed by atoms with E-state index in [0.717, 1.165) is 37.9 Å². The van der Waals surface area contributed by atoms with Crippen molar-refractivity contribution in [3.05, 3.63) is 35.1 Å². The van der Waals surface area contributed by atoms with Gasteiger partial charge in [0.2, 0.25) is 5.91 Å². The molecular formula is C20H28FN3O3. The molecule has 0 spiro atoms. The van der Waals surface area contributed by atoms with E-state index in [2.05, 4.69) is 4.90 Å². The number of nitrogens with zero attached hydrogens (tertiary/aromatic N) is 2. The van der Waals surface area contributed by atoms with Crippen LogP contribution in [-0.2, 0) is 9.59 Å². The number of benzene rings is 1. The second-order valence-electron chi connectivity index (χ2n) is 7.75. The summed E-state index contributed by atoms with van der Waals surface area (Å²) < 4.78 is 14.4. The first kappa shape index (κ1) is 19.8. The molecule has 1 amide bonds. The molecule has 3 N–H and O–H groups in total. The van der Waals surface area contributed by atoms with Gasteiger partial charge < -0.3 is 10.8 Å². The SMILES string of the molecule is Cc1ccc(C(C(=O)O)N2CCC(C(N)=O)(N3CCCCC3)CC2)c(F)c1. The van der Waals surface area contributed by atoms with E-state index >= 15 is 0 Å². The number of carboxylic acids is 1. The molecule has 1 unspecified atom stereocenters. The van der Waals surface area contributed by atoms with Crippen LogP contribution in [0.2, 0.25) is 0 Å². The predicted octanol–water partition coefficient (Wildman–Crippen LogP) is 2.07. The number of halogens is 1. The summed E-state index contributed by atoms with van der Waals surface area (Å²) in [5.74, 6) is -1.93. The Morgan fingerprint density at radius 2 is 1.78 bits per heavy atom. The zero-order chi connectivity index (χ0) is 19.6. The van der Waals surface area contributed by atoms with Crippen molar-refractivity contribution in [1.82, 2.24) is 9.80 Å². The Labute approximate surface area is 159 Å². The van der Waals surface area contributed by atoms with Crippen LogP contribution in [0.1, 0.15) is 49.3 Å². The quantitative estimate of drug-likeness (QED) is 0.820. The molecule has 0 aromatic heterocycles. The van der Waals surface area contributed by atoms with Crippen LogP contribution in [0.4, 0.5) is 4.39 Å². The molecule has 2 heterocycles. The molecule has 3 rings (SSSR count). The Morgan fingerprint density at radius 1 is 1.15 bits per heavy atom. The van der Waals surface area contributed by atoms with Crippen LogP contribution in [0, 0.1) is 12.7 Å². The Bertz CT molecular complexity index is 710. The highest BCUT2D eigenvalue weighted by Gasteiger charge is 2.47. The first-order valence-electron chi connectivity index (χ1n) is 9.63. The fraction of sp³-hybridized carbons (Fsp3) is 0.600. The number of aryl methyl sites for hydroxylation is 1. The zero-order valence-electron chi connectivity index (χ0n) is 15.8. The molecule has 0 bridgehead atoms. The number of piperidine rings is 2. The molecule has 1 aromatic rings. The smallest absolute Gasteiger partial charge is 0.325 e. The van der Waals surface area contributed by atoms with Gasteiger partial charge in [-0.25, -0.2) is 4.39 Å². The molecule has 0 radical (unpaired) electrons. The van der Waals surface area contributed by atoms with E-state index in [0.29, 0.717) is 25.9 Å². The standard InChI is InChI=1S/C20H28FN3O3/c1-14-5-6-15(16(21)13-14)17(18(25)26)23-11-7-20(8-12-23,19(22)27)24-9-3-2-4-10-24/h5-6,13,17H,2-4,7-12H2,1H3,(H2,22,27)(H,25,26). The van der Waals surface area contributed by atoms with Crippen molar-refractivity contribution in [2.24, 2.45) is 5.73 Å². The number of amides is 1. The van der Waals surface area contributed by atoms with Crippen LogP contribution >= 0.6 is 0 Å². The van der Waals surface area contributed by atoms with Crippen LogP contribution < -0.4 is 5.73 Å². The molecule has 148 valence electrons. The van der Waals surface area contributed by atoms with E-state index in [9.17, 15) is 19.1 Å². The number of carbonyl (C=O) groups is 2. The van der Waals surface area contributed by atoms with Crippen LogP contribution in [-0.4, -0.2) is 58.5 Å². The van der Waals surface area contributed by atoms with Crippen LogP contribution in [0.15, 0.2) is 18.2 Å². The molecule has 7 heteroatoms. The van der Waals surface area contributed by atoms with Crippen LogP contribution in [0.5, 0.6) is 0 Å².